The Morgan fingerprint density at radius 3 is 2.52 bits per heavy atom. The van der Waals surface area contributed by atoms with Crippen LogP contribution in [-0.4, -0.2) is 51.7 Å². The van der Waals surface area contributed by atoms with Crippen molar-refractivity contribution < 1.29 is 27.9 Å². The molecule has 0 saturated heterocycles. The van der Waals surface area contributed by atoms with Gasteiger partial charge in [-0.15, -0.1) is 0 Å². The number of hydrogen-bond acceptors (Lipinski definition) is 5. The topological polar surface area (TPSA) is 122 Å². The van der Waals surface area contributed by atoms with E-state index in [1.165, 1.54) is 31.4 Å². The lowest BCUT2D eigenvalue weighted by Crippen LogP contribution is -2.41. The van der Waals surface area contributed by atoms with E-state index < -0.39 is 27.9 Å². The molecule has 1 aromatic carbocycles. The zero-order chi connectivity index (χ0) is 19.0. The number of carboxylic acids is 1. The molecule has 1 atom stereocenters. The molecule has 1 amide bonds. The second-order valence-electron chi connectivity index (χ2n) is 5.91. The van der Waals surface area contributed by atoms with Crippen molar-refractivity contribution in [1.82, 2.24) is 10.0 Å². The van der Waals surface area contributed by atoms with E-state index >= 15 is 0 Å². The van der Waals surface area contributed by atoms with Crippen molar-refractivity contribution in [2.24, 2.45) is 5.92 Å². The van der Waals surface area contributed by atoms with Gasteiger partial charge in [-0.2, -0.15) is 0 Å². The number of ether oxygens (including phenoxy) is 1. The summed E-state index contributed by atoms with van der Waals surface area (Å²) in [4.78, 5) is 23.4. The maximum Gasteiger partial charge on any atom is 0.326 e. The van der Waals surface area contributed by atoms with E-state index in [2.05, 4.69) is 10.0 Å². The molecular weight excluding hydrogens is 348 g/mol. The molecule has 25 heavy (non-hydrogen) atoms. The summed E-state index contributed by atoms with van der Waals surface area (Å²) in [6, 6.07) is 4.39. The van der Waals surface area contributed by atoms with Crippen molar-refractivity contribution in [2.45, 2.75) is 31.2 Å². The molecule has 0 aliphatic rings. The van der Waals surface area contributed by atoms with Gasteiger partial charge in [0.05, 0.1) is 11.5 Å². The first-order valence-electron chi connectivity index (χ1n) is 7.79. The Kier molecular flexibility index (Phi) is 8.01. The van der Waals surface area contributed by atoms with Crippen molar-refractivity contribution in [3.05, 3.63) is 29.8 Å². The number of methoxy groups -OCH3 is 1. The predicted octanol–water partition coefficient (Wildman–Crippen LogP) is 0.840. The van der Waals surface area contributed by atoms with Crippen LogP contribution in [0.15, 0.2) is 29.2 Å². The third-order valence-corrected chi connectivity index (χ3v) is 4.77. The fraction of sp³-hybridized carbons (Fsp3) is 0.500. The first-order chi connectivity index (χ1) is 11.7. The van der Waals surface area contributed by atoms with Crippen molar-refractivity contribution >= 4 is 21.9 Å². The maximum atomic E-state index is 12.3. The van der Waals surface area contributed by atoms with E-state index in [-0.39, 0.29) is 35.9 Å². The molecule has 0 spiro atoms. The Morgan fingerprint density at radius 1 is 1.28 bits per heavy atom. The molecule has 0 fully saturated rings. The van der Waals surface area contributed by atoms with Crippen molar-refractivity contribution in [3.8, 4) is 0 Å². The average molecular weight is 372 g/mol. The van der Waals surface area contributed by atoms with E-state index in [0.29, 0.717) is 0 Å². The number of nitrogens with one attached hydrogen (secondary N) is 2. The zero-order valence-corrected chi connectivity index (χ0v) is 15.3. The van der Waals surface area contributed by atoms with E-state index in [1.807, 2.05) is 13.8 Å². The minimum Gasteiger partial charge on any atom is -0.480 e. The Bertz CT molecular complexity index is 702. The molecular formula is C16H24N2O6S. The highest BCUT2D eigenvalue weighted by Gasteiger charge is 2.22. The van der Waals surface area contributed by atoms with Gasteiger partial charge >= 0.3 is 5.97 Å². The van der Waals surface area contributed by atoms with E-state index in [1.54, 1.807) is 0 Å². The third kappa shape index (κ3) is 6.81. The van der Waals surface area contributed by atoms with Gasteiger partial charge in [-0.05, 0) is 30.5 Å². The molecule has 1 aromatic rings. The number of carbonyl (C=O) groups excluding carboxylic acids is 1. The number of sulfonamides is 1. The van der Waals surface area contributed by atoms with Crippen LogP contribution in [0.5, 0.6) is 0 Å². The highest BCUT2D eigenvalue weighted by molar-refractivity contribution is 7.89. The number of aliphatic carboxylic acids is 1. The summed E-state index contributed by atoms with van der Waals surface area (Å²) < 4.78 is 31.5. The van der Waals surface area contributed by atoms with Crippen LogP contribution in [0.3, 0.4) is 0 Å². The Hall–Kier alpha value is -1.97. The standard InChI is InChI=1S/C16H24N2O6S/c1-11(2)9-14(16(20)21)18-15(19)12-5-4-6-13(10-12)25(22,23)17-7-8-24-3/h4-6,10-11,14,17H,7-9H2,1-3H3,(H,18,19)(H,20,21)/t14-/m0/s1. The number of benzene rings is 1. The number of amides is 1. The van der Waals surface area contributed by atoms with Gasteiger partial charge in [0.15, 0.2) is 0 Å². The Labute approximate surface area is 147 Å². The second-order valence-corrected chi connectivity index (χ2v) is 7.68. The molecule has 0 heterocycles. The van der Waals surface area contributed by atoms with E-state index in [9.17, 15) is 23.1 Å². The third-order valence-electron chi connectivity index (χ3n) is 3.32. The molecule has 0 unspecified atom stereocenters. The van der Waals surface area contributed by atoms with Gasteiger partial charge in [-0.1, -0.05) is 19.9 Å². The molecule has 0 aliphatic heterocycles. The minimum atomic E-state index is -3.78. The fourth-order valence-electron chi connectivity index (χ4n) is 2.10. The number of rotatable bonds is 10. The lowest BCUT2D eigenvalue weighted by atomic mass is 10.0. The zero-order valence-electron chi connectivity index (χ0n) is 14.5. The van der Waals surface area contributed by atoms with E-state index in [4.69, 9.17) is 4.74 Å². The van der Waals surface area contributed by atoms with Gasteiger partial charge in [0.2, 0.25) is 10.0 Å². The minimum absolute atomic E-state index is 0.0737. The van der Waals surface area contributed by atoms with E-state index in [0.717, 1.165) is 0 Å². The highest BCUT2D eigenvalue weighted by Crippen LogP contribution is 2.12. The summed E-state index contributed by atoms with van der Waals surface area (Å²) in [5.74, 6) is -1.69. The lowest BCUT2D eigenvalue weighted by molar-refractivity contribution is -0.139. The first kappa shape index (κ1) is 21.1. The summed E-state index contributed by atoms with van der Waals surface area (Å²) >= 11 is 0. The second kappa shape index (κ2) is 9.50. The molecule has 140 valence electrons. The molecule has 8 nitrogen and oxygen atoms in total. The van der Waals surface area contributed by atoms with Crippen LogP contribution in [0.1, 0.15) is 30.6 Å². The first-order valence-corrected chi connectivity index (χ1v) is 9.28. The summed E-state index contributed by atoms with van der Waals surface area (Å²) in [5.41, 5.74) is 0.0737. The summed E-state index contributed by atoms with van der Waals surface area (Å²) in [6.45, 7) is 4.02. The van der Waals surface area contributed by atoms with Crippen LogP contribution in [0.4, 0.5) is 0 Å². The van der Waals surface area contributed by atoms with Gasteiger partial charge in [0.1, 0.15) is 6.04 Å². The molecule has 1 rings (SSSR count). The Morgan fingerprint density at radius 2 is 1.96 bits per heavy atom. The van der Waals surface area contributed by atoms with Crippen molar-refractivity contribution in [3.63, 3.8) is 0 Å². The monoisotopic (exact) mass is 372 g/mol. The van der Waals surface area contributed by atoms with Crippen LogP contribution < -0.4 is 10.0 Å². The average Bonchev–Trinajstić information content (AvgIpc) is 2.54. The highest BCUT2D eigenvalue weighted by atomic mass is 32.2. The van der Waals surface area contributed by atoms with Crippen LogP contribution in [0.2, 0.25) is 0 Å². The van der Waals surface area contributed by atoms with Crippen molar-refractivity contribution in [2.75, 3.05) is 20.3 Å². The molecule has 0 saturated carbocycles. The van der Waals surface area contributed by atoms with Crippen LogP contribution in [0, 0.1) is 5.92 Å². The molecule has 0 bridgehead atoms. The summed E-state index contributed by atoms with van der Waals surface area (Å²) in [6.07, 6.45) is 0.275. The smallest absolute Gasteiger partial charge is 0.326 e. The normalized spacial score (nSPS) is 12.8. The molecule has 9 heteroatoms. The molecule has 3 N–H and O–H groups in total. The number of carbonyl (C=O) groups is 2. The predicted molar refractivity (Wildman–Crippen MR) is 91.9 cm³/mol. The fourth-order valence-corrected chi connectivity index (χ4v) is 3.16. The molecule has 0 aromatic heterocycles. The van der Waals surface area contributed by atoms with Crippen LogP contribution in [-0.2, 0) is 19.6 Å². The largest absolute Gasteiger partial charge is 0.480 e. The number of hydrogen-bond donors (Lipinski definition) is 3. The Balaban J connectivity index is 2.92. The molecule has 0 radical (unpaired) electrons. The van der Waals surface area contributed by atoms with Gasteiger partial charge < -0.3 is 15.2 Å². The van der Waals surface area contributed by atoms with Crippen LogP contribution in [0.25, 0.3) is 0 Å². The van der Waals surface area contributed by atoms with Crippen LogP contribution >= 0.6 is 0 Å². The van der Waals surface area contributed by atoms with Gasteiger partial charge in [-0.3, -0.25) is 4.79 Å². The van der Waals surface area contributed by atoms with Gasteiger partial charge in [0.25, 0.3) is 5.91 Å². The lowest BCUT2D eigenvalue weighted by Gasteiger charge is -2.16. The quantitative estimate of drug-likeness (QED) is 0.523. The van der Waals surface area contributed by atoms with Gasteiger partial charge in [0, 0.05) is 19.2 Å². The summed E-state index contributed by atoms with van der Waals surface area (Å²) in [7, 11) is -2.33. The van der Waals surface area contributed by atoms with Crippen molar-refractivity contribution in [1.29, 1.82) is 0 Å². The number of carboxylic acid groups (broad SMARTS) is 1. The maximum absolute atomic E-state index is 12.3. The van der Waals surface area contributed by atoms with Gasteiger partial charge in [-0.25, -0.2) is 17.9 Å². The molecule has 0 aliphatic carbocycles. The summed E-state index contributed by atoms with van der Waals surface area (Å²) in [5, 5.41) is 11.6. The SMILES string of the molecule is COCCNS(=O)(=O)c1cccc(C(=O)N[C@@H](CC(C)C)C(=O)O)c1.